The van der Waals surface area contributed by atoms with E-state index in [-0.39, 0.29) is 18.2 Å². The Hall–Kier alpha value is -2.38. The van der Waals surface area contributed by atoms with Gasteiger partial charge < -0.3 is 10.4 Å². The number of hydrogen-bond donors (Lipinski definition) is 3. The third-order valence-electron chi connectivity index (χ3n) is 5.30. The van der Waals surface area contributed by atoms with Gasteiger partial charge in [0.1, 0.15) is 5.82 Å². The Bertz CT molecular complexity index is 854. The number of benzene rings is 1. The number of carbonyl (C=O) groups is 1. The van der Waals surface area contributed by atoms with Crippen LogP contribution in [0.3, 0.4) is 0 Å². The van der Waals surface area contributed by atoms with Gasteiger partial charge in [0.2, 0.25) is 5.95 Å². The lowest BCUT2D eigenvalue weighted by Gasteiger charge is -2.36. The Balaban J connectivity index is 1.57. The van der Waals surface area contributed by atoms with Crippen LogP contribution < -0.4 is 15.5 Å². The number of aromatic nitrogens is 2. The van der Waals surface area contributed by atoms with Crippen LogP contribution in [0.2, 0.25) is 5.02 Å². The molecule has 3 N–H and O–H groups in total. The van der Waals surface area contributed by atoms with E-state index in [2.05, 4.69) is 20.6 Å². The van der Waals surface area contributed by atoms with Crippen molar-refractivity contribution < 1.29 is 9.90 Å². The highest BCUT2D eigenvalue weighted by Crippen LogP contribution is 2.33. The van der Waals surface area contributed by atoms with Crippen molar-refractivity contribution in [2.45, 2.75) is 44.2 Å². The molecule has 142 valence electrons. The number of hydrogen-bond acceptors (Lipinski definition) is 5. The standard InChI is InChI=1S/C19H22ClN5O2/c20-14-6-2-3-7-15(14)25-11-13-10-21-17(22-16(13)23-18(25)27)24-19(12-26)8-4-1-5-9-19/h2-3,6-7,10,26H,1,4-5,8-9,11-12H2,(H2,21,22,23,24,27). The molecule has 1 fully saturated rings. The van der Waals surface area contributed by atoms with E-state index in [4.69, 9.17) is 11.6 Å². The summed E-state index contributed by atoms with van der Waals surface area (Å²) in [7, 11) is 0. The van der Waals surface area contributed by atoms with Gasteiger partial charge >= 0.3 is 6.03 Å². The number of nitrogens with zero attached hydrogens (tertiary/aromatic N) is 3. The van der Waals surface area contributed by atoms with Crippen molar-refractivity contribution in [3.63, 3.8) is 0 Å². The van der Waals surface area contributed by atoms with Crippen LogP contribution in [0.15, 0.2) is 30.5 Å². The molecule has 8 heteroatoms. The fourth-order valence-electron chi connectivity index (χ4n) is 3.76. The average Bonchev–Trinajstić information content (AvgIpc) is 2.69. The first kappa shape index (κ1) is 18.0. The molecular weight excluding hydrogens is 366 g/mol. The van der Waals surface area contributed by atoms with Gasteiger partial charge in [-0.05, 0) is 25.0 Å². The van der Waals surface area contributed by atoms with Gasteiger partial charge in [-0.2, -0.15) is 4.98 Å². The number of aliphatic hydroxyl groups excluding tert-OH is 1. The zero-order valence-corrected chi connectivity index (χ0v) is 15.7. The first-order valence-corrected chi connectivity index (χ1v) is 9.56. The highest BCUT2D eigenvalue weighted by atomic mass is 35.5. The molecule has 1 aromatic carbocycles. The molecule has 0 atom stereocenters. The number of rotatable bonds is 4. The number of anilines is 3. The van der Waals surface area contributed by atoms with Crippen LogP contribution in [0.25, 0.3) is 0 Å². The summed E-state index contributed by atoms with van der Waals surface area (Å²) in [4.78, 5) is 23.0. The highest BCUT2D eigenvalue weighted by Gasteiger charge is 2.33. The summed E-state index contributed by atoms with van der Waals surface area (Å²) in [5.74, 6) is 0.917. The van der Waals surface area contributed by atoms with E-state index in [1.165, 1.54) is 6.42 Å². The Morgan fingerprint density at radius 3 is 2.78 bits per heavy atom. The summed E-state index contributed by atoms with van der Waals surface area (Å²) < 4.78 is 0. The second-order valence-corrected chi connectivity index (χ2v) is 7.57. The molecule has 0 bridgehead atoms. The number of halogens is 1. The van der Waals surface area contributed by atoms with Crippen molar-refractivity contribution in [2.24, 2.45) is 0 Å². The van der Waals surface area contributed by atoms with Crippen LogP contribution in [0.4, 0.5) is 22.2 Å². The van der Waals surface area contributed by atoms with Crippen molar-refractivity contribution >= 4 is 35.1 Å². The molecule has 1 saturated carbocycles. The van der Waals surface area contributed by atoms with E-state index < -0.39 is 0 Å². The van der Waals surface area contributed by atoms with E-state index in [9.17, 15) is 9.90 Å². The van der Waals surface area contributed by atoms with Gasteiger partial charge in [0.25, 0.3) is 0 Å². The summed E-state index contributed by atoms with van der Waals surface area (Å²) >= 11 is 6.23. The van der Waals surface area contributed by atoms with Gasteiger partial charge in [-0.1, -0.05) is 43.0 Å². The minimum Gasteiger partial charge on any atom is -0.394 e. The van der Waals surface area contributed by atoms with E-state index in [1.807, 2.05) is 12.1 Å². The van der Waals surface area contributed by atoms with Gasteiger partial charge in [0, 0.05) is 11.8 Å². The molecule has 4 rings (SSSR count). The lowest BCUT2D eigenvalue weighted by Crippen LogP contribution is -2.44. The largest absolute Gasteiger partial charge is 0.394 e. The molecule has 1 aliphatic heterocycles. The summed E-state index contributed by atoms with van der Waals surface area (Å²) in [6.45, 7) is 0.385. The molecule has 7 nitrogen and oxygen atoms in total. The number of fused-ring (bicyclic) bond motifs is 1. The summed E-state index contributed by atoms with van der Waals surface area (Å²) in [5, 5.41) is 16.5. The van der Waals surface area contributed by atoms with E-state index in [0.29, 0.717) is 29.0 Å². The van der Waals surface area contributed by atoms with Gasteiger partial charge in [0.05, 0.1) is 29.4 Å². The molecule has 2 amide bonds. The smallest absolute Gasteiger partial charge is 0.327 e. The zero-order valence-electron chi connectivity index (χ0n) is 14.9. The predicted octanol–water partition coefficient (Wildman–Crippen LogP) is 3.79. The van der Waals surface area contributed by atoms with Crippen molar-refractivity contribution in [1.82, 2.24) is 9.97 Å². The molecule has 1 aromatic heterocycles. The Morgan fingerprint density at radius 1 is 1.26 bits per heavy atom. The monoisotopic (exact) mass is 387 g/mol. The van der Waals surface area contributed by atoms with Crippen LogP contribution in [-0.4, -0.2) is 33.3 Å². The van der Waals surface area contributed by atoms with Crippen LogP contribution >= 0.6 is 11.6 Å². The molecular formula is C19H22ClN5O2. The van der Waals surface area contributed by atoms with Gasteiger partial charge in [-0.3, -0.25) is 10.2 Å². The lowest BCUT2D eigenvalue weighted by molar-refractivity contribution is 0.172. The number of nitrogens with one attached hydrogen (secondary N) is 2. The Labute approximate surface area is 162 Å². The number of urea groups is 1. The SMILES string of the molecule is O=C1Nc2nc(NC3(CO)CCCCC3)ncc2CN1c1ccccc1Cl. The van der Waals surface area contributed by atoms with Crippen LogP contribution in [0.1, 0.15) is 37.7 Å². The first-order valence-electron chi connectivity index (χ1n) is 9.18. The fraction of sp³-hybridized carbons (Fsp3) is 0.421. The fourth-order valence-corrected chi connectivity index (χ4v) is 3.99. The van der Waals surface area contributed by atoms with Crippen molar-refractivity contribution in [2.75, 3.05) is 22.1 Å². The minimum atomic E-state index is -0.380. The number of para-hydroxylation sites is 1. The van der Waals surface area contributed by atoms with Crippen LogP contribution in [0.5, 0.6) is 0 Å². The summed E-state index contributed by atoms with van der Waals surface area (Å²) in [6.07, 6.45) is 6.81. The molecule has 0 saturated heterocycles. The normalized spacial score (nSPS) is 18.6. The van der Waals surface area contributed by atoms with E-state index >= 15 is 0 Å². The number of amides is 2. The quantitative estimate of drug-likeness (QED) is 0.742. The Kier molecular flexibility index (Phi) is 4.88. The van der Waals surface area contributed by atoms with Crippen LogP contribution in [0, 0.1) is 0 Å². The van der Waals surface area contributed by atoms with Gasteiger partial charge in [-0.15, -0.1) is 0 Å². The second kappa shape index (κ2) is 7.32. The van der Waals surface area contributed by atoms with E-state index in [1.54, 1.807) is 23.2 Å². The zero-order chi connectivity index (χ0) is 18.9. The topological polar surface area (TPSA) is 90.4 Å². The summed E-state index contributed by atoms with van der Waals surface area (Å²) in [6, 6.07) is 6.94. The predicted molar refractivity (Wildman–Crippen MR) is 105 cm³/mol. The maximum absolute atomic E-state index is 12.6. The van der Waals surface area contributed by atoms with Crippen LogP contribution in [-0.2, 0) is 6.54 Å². The molecule has 27 heavy (non-hydrogen) atoms. The molecule has 2 heterocycles. The van der Waals surface area contributed by atoms with E-state index in [0.717, 1.165) is 31.2 Å². The summed E-state index contributed by atoms with van der Waals surface area (Å²) in [5.41, 5.74) is 1.07. The number of carbonyl (C=O) groups excluding carboxylic acids is 1. The molecule has 1 aliphatic carbocycles. The van der Waals surface area contributed by atoms with Gasteiger partial charge in [0.15, 0.2) is 0 Å². The maximum Gasteiger partial charge on any atom is 0.327 e. The average molecular weight is 388 g/mol. The molecule has 2 aromatic rings. The highest BCUT2D eigenvalue weighted by molar-refractivity contribution is 6.34. The molecule has 0 unspecified atom stereocenters. The minimum absolute atomic E-state index is 0.0418. The molecule has 0 spiro atoms. The molecule has 2 aliphatic rings. The van der Waals surface area contributed by atoms with Crippen molar-refractivity contribution in [1.29, 1.82) is 0 Å². The second-order valence-electron chi connectivity index (χ2n) is 7.16. The Morgan fingerprint density at radius 2 is 2.04 bits per heavy atom. The van der Waals surface area contributed by atoms with Gasteiger partial charge in [-0.25, -0.2) is 9.78 Å². The number of aliphatic hydroxyl groups is 1. The van der Waals surface area contributed by atoms with Crippen molar-refractivity contribution in [3.8, 4) is 0 Å². The first-order chi connectivity index (χ1) is 13.1. The third kappa shape index (κ3) is 3.57. The molecule has 0 radical (unpaired) electrons. The maximum atomic E-state index is 12.6. The lowest BCUT2D eigenvalue weighted by atomic mass is 9.82. The third-order valence-corrected chi connectivity index (χ3v) is 5.62. The van der Waals surface area contributed by atoms with Crippen molar-refractivity contribution in [3.05, 3.63) is 41.0 Å².